The van der Waals surface area contributed by atoms with Crippen molar-refractivity contribution in [2.24, 2.45) is 0 Å². The number of halogens is 3. The van der Waals surface area contributed by atoms with Crippen molar-refractivity contribution in [3.63, 3.8) is 0 Å². The second-order valence-electron chi connectivity index (χ2n) is 2.47. The SMILES string of the molecule is O=CC(Cl)(C(=O)C(Cl)Cl)c1cccs1. The summed E-state index contributed by atoms with van der Waals surface area (Å²) in [5, 5.41) is 1.71. The summed E-state index contributed by atoms with van der Waals surface area (Å²) in [5.41, 5.74) is 0. The predicted molar refractivity (Wildman–Crippen MR) is 58.4 cm³/mol. The number of hydrogen-bond acceptors (Lipinski definition) is 3. The molecule has 1 rings (SSSR count). The highest BCUT2D eigenvalue weighted by Crippen LogP contribution is 2.34. The van der Waals surface area contributed by atoms with Gasteiger partial charge in [-0.1, -0.05) is 40.9 Å². The number of Topliss-reactive ketones (excluding diaryl/α,β-unsaturated/α-hetero) is 1. The number of ketones is 1. The molecule has 1 heterocycles. The van der Waals surface area contributed by atoms with E-state index < -0.39 is 15.5 Å². The summed E-state index contributed by atoms with van der Waals surface area (Å²) >= 11 is 17.8. The van der Waals surface area contributed by atoms with E-state index in [-0.39, 0.29) is 0 Å². The first-order chi connectivity index (χ1) is 6.52. The normalized spacial score (nSPS) is 15.1. The Morgan fingerprint density at radius 3 is 2.57 bits per heavy atom. The summed E-state index contributed by atoms with van der Waals surface area (Å²) in [6.45, 7) is 0. The Kier molecular flexibility index (Phi) is 3.95. The van der Waals surface area contributed by atoms with E-state index in [1.54, 1.807) is 17.5 Å². The number of aldehydes is 1. The van der Waals surface area contributed by atoms with Gasteiger partial charge in [0.2, 0.25) is 0 Å². The van der Waals surface area contributed by atoms with E-state index in [1.165, 1.54) is 11.3 Å². The summed E-state index contributed by atoms with van der Waals surface area (Å²) in [6.07, 6.45) is 0.348. The lowest BCUT2D eigenvalue weighted by molar-refractivity contribution is -0.124. The Balaban J connectivity index is 3.10. The van der Waals surface area contributed by atoms with Crippen LogP contribution in [0.3, 0.4) is 0 Å². The maximum atomic E-state index is 11.5. The first-order valence-electron chi connectivity index (χ1n) is 3.54. The molecule has 0 saturated heterocycles. The van der Waals surface area contributed by atoms with Crippen molar-refractivity contribution in [3.05, 3.63) is 22.4 Å². The highest BCUT2D eigenvalue weighted by molar-refractivity contribution is 7.10. The lowest BCUT2D eigenvalue weighted by Gasteiger charge is -2.17. The van der Waals surface area contributed by atoms with Gasteiger partial charge in [-0.25, -0.2) is 0 Å². The second kappa shape index (κ2) is 4.62. The molecular formula is C8H5Cl3O2S. The molecule has 0 saturated carbocycles. The van der Waals surface area contributed by atoms with E-state index in [9.17, 15) is 9.59 Å². The molecule has 0 radical (unpaired) electrons. The molecule has 6 heteroatoms. The van der Waals surface area contributed by atoms with Crippen molar-refractivity contribution < 1.29 is 9.59 Å². The topological polar surface area (TPSA) is 34.1 Å². The minimum absolute atomic E-state index is 0.348. The number of hydrogen-bond donors (Lipinski definition) is 0. The molecule has 1 atom stereocenters. The molecular weight excluding hydrogens is 267 g/mol. The monoisotopic (exact) mass is 270 g/mol. The molecule has 0 aliphatic carbocycles. The Labute approximate surface area is 99.8 Å². The van der Waals surface area contributed by atoms with E-state index in [1.807, 2.05) is 0 Å². The van der Waals surface area contributed by atoms with Crippen LogP contribution < -0.4 is 0 Å². The highest BCUT2D eigenvalue weighted by Gasteiger charge is 2.41. The molecule has 0 aliphatic heterocycles. The van der Waals surface area contributed by atoms with E-state index in [0.717, 1.165) is 0 Å². The molecule has 0 bridgehead atoms. The molecule has 0 spiro atoms. The van der Waals surface area contributed by atoms with Gasteiger partial charge in [0.05, 0.1) is 0 Å². The van der Waals surface area contributed by atoms with Crippen LogP contribution in [0.5, 0.6) is 0 Å². The van der Waals surface area contributed by atoms with Crippen molar-refractivity contribution in [3.8, 4) is 0 Å². The van der Waals surface area contributed by atoms with Gasteiger partial charge in [-0.2, -0.15) is 0 Å². The van der Waals surface area contributed by atoms with Crippen LogP contribution in [0.15, 0.2) is 17.5 Å². The Morgan fingerprint density at radius 2 is 2.21 bits per heavy atom. The Bertz CT molecular complexity index is 336. The molecule has 1 unspecified atom stereocenters. The average Bonchev–Trinajstić information content (AvgIpc) is 2.68. The maximum absolute atomic E-state index is 11.5. The molecule has 0 aliphatic rings. The zero-order chi connectivity index (χ0) is 10.8. The van der Waals surface area contributed by atoms with Gasteiger partial charge in [-0.05, 0) is 11.4 Å². The standard InChI is InChI=1S/C8H5Cl3O2S/c9-7(10)6(13)8(11,4-12)5-2-1-3-14-5/h1-4,7H. The second-order valence-corrected chi connectivity index (χ2v) is 5.11. The van der Waals surface area contributed by atoms with E-state index in [4.69, 9.17) is 34.8 Å². The fraction of sp³-hybridized carbons (Fsp3) is 0.250. The summed E-state index contributed by atoms with van der Waals surface area (Å²) < 4.78 is 0. The summed E-state index contributed by atoms with van der Waals surface area (Å²) in [7, 11) is 0. The van der Waals surface area contributed by atoms with Crippen molar-refractivity contribution >= 4 is 58.2 Å². The zero-order valence-electron chi connectivity index (χ0n) is 6.75. The number of carbonyl (C=O) groups is 2. The van der Waals surface area contributed by atoms with E-state index in [0.29, 0.717) is 11.2 Å². The van der Waals surface area contributed by atoms with Gasteiger partial charge in [-0.3, -0.25) is 4.79 Å². The molecule has 1 aromatic heterocycles. The van der Waals surface area contributed by atoms with Gasteiger partial charge in [-0.15, -0.1) is 11.3 Å². The van der Waals surface area contributed by atoms with Crippen molar-refractivity contribution in [2.45, 2.75) is 9.71 Å². The van der Waals surface area contributed by atoms with Crippen LogP contribution in [0.25, 0.3) is 0 Å². The predicted octanol–water partition coefficient (Wildman–Crippen LogP) is 2.75. The van der Waals surface area contributed by atoms with Gasteiger partial charge < -0.3 is 4.79 Å². The molecule has 0 aromatic carbocycles. The van der Waals surface area contributed by atoms with Gasteiger partial charge in [0, 0.05) is 4.88 Å². The van der Waals surface area contributed by atoms with Gasteiger partial charge in [0.1, 0.15) is 0 Å². The van der Waals surface area contributed by atoms with Crippen LogP contribution in [-0.2, 0) is 14.5 Å². The van der Waals surface area contributed by atoms with Crippen LogP contribution in [0.1, 0.15) is 4.88 Å². The first-order valence-corrected chi connectivity index (χ1v) is 5.67. The quantitative estimate of drug-likeness (QED) is 0.479. The molecule has 0 N–H and O–H groups in total. The average molecular weight is 272 g/mol. The minimum Gasteiger partial charge on any atom is -0.300 e. The summed E-state index contributed by atoms with van der Waals surface area (Å²) in [5.74, 6) is -0.722. The fourth-order valence-electron chi connectivity index (χ4n) is 0.882. The van der Waals surface area contributed by atoms with Crippen LogP contribution in [-0.4, -0.2) is 16.9 Å². The van der Waals surface area contributed by atoms with Gasteiger partial charge >= 0.3 is 0 Å². The number of thiophene rings is 1. The third-order valence-corrected chi connectivity index (χ3v) is 3.59. The smallest absolute Gasteiger partial charge is 0.199 e. The van der Waals surface area contributed by atoms with Crippen LogP contribution in [0, 0.1) is 0 Å². The Morgan fingerprint density at radius 1 is 1.57 bits per heavy atom. The van der Waals surface area contributed by atoms with E-state index >= 15 is 0 Å². The lowest BCUT2D eigenvalue weighted by atomic mass is 10.0. The summed E-state index contributed by atoms with van der Waals surface area (Å²) in [6, 6.07) is 3.27. The maximum Gasteiger partial charge on any atom is 0.199 e. The summed E-state index contributed by atoms with van der Waals surface area (Å²) in [4.78, 5) is 19.6. The third kappa shape index (κ3) is 2.11. The van der Waals surface area contributed by atoms with Gasteiger partial charge in [0.25, 0.3) is 0 Å². The molecule has 0 amide bonds. The zero-order valence-corrected chi connectivity index (χ0v) is 9.83. The van der Waals surface area contributed by atoms with E-state index in [2.05, 4.69) is 0 Å². The molecule has 14 heavy (non-hydrogen) atoms. The van der Waals surface area contributed by atoms with Crippen molar-refractivity contribution in [2.75, 3.05) is 0 Å². The highest BCUT2D eigenvalue weighted by atomic mass is 35.5. The third-order valence-electron chi connectivity index (χ3n) is 1.60. The fourth-order valence-corrected chi connectivity index (χ4v) is 2.42. The van der Waals surface area contributed by atoms with Crippen LogP contribution in [0.4, 0.5) is 0 Å². The van der Waals surface area contributed by atoms with Crippen molar-refractivity contribution in [1.82, 2.24) is 0 Å². The molecule has 2 nitrogen and oxygen atoms in total. The largest absolute Gasteiger partial charge is 0.300 e. The molecule has 0 fully saturated rings. The number of carbonyl (C=O) groups excluding carboxylic acids is 2. The number of rotatable bonds is 4. The number of alkyl halides is 3. The lowest BCUT2D eigenvalue weighted by Crippen LogP contribution is -2.34. The van der Waals surface area contributed by atoms with Crippen molar-refractivity contribution in [1.29, 1.82) is 0 Å². The molecule has 1 aromatic rings. The van der Waals surface area contributed by atoms with Crippen LogP contribution >= 0.6 is 46.1 Å². The minimum atomic E-state index is -1.75. The first kappa shape index (κ1) is 12.0. The molecule has 76 valence electrons. The van der Waals surface area contributed by atoms with Gasteiger partial charge in [0.15, 0.2) is 21.8 Å². The van der Waals surface area contributed by atoms with Crippen LogP contribution in [0.2, 0.25) is 0 Å². The Hall–Kier alpha value is -0.0900.